The Morgan fingerprint density at radius 1 is 1.39 bits per heavy atom. The second-order valence-corrected chi connectivity index (χ2v) is 5.58. The Labute approximate surface area is 140 Å². The van der Waals surface area contributed by atoms with E-state index in [1.807, 2.05) is 6.07 Å². The highest BCUT2D eigenvalue weighted by atomic mass is 79.9. The van der Waals surface area contributed by atoms with Gasteiger partial charge in [0, 0.05) is 10.0 Å². The number of halogens is 1. The number of nitrogens with zero attached hydrogens (tertiary/aromatic N) is 1. The van der Waals surface area contributed by atoms with Gasteiger partial charge in [-0.25, -0.2) is 4.79 Å². The van der Waals surface area contributed by atoms with E-state index >= 15 is 0 Å². The molecular weight excluding hydrogens is 368 g/mol. The van der Waals surface area contributed by atoms with Crippen molar-refractivity contribution < 1.29 is 23.8 Å². The van der Waals surface area contributed by atoms with Gasteiger partial charge in [-0.15, -0.1) is 0 Å². The van der Waals surface area contributed by atoms with Gasteiger partial charge < -0.3 is 19.9 Å². The highest BCUT2D eigenvalue weighted by molar-refractivity contribution is 9.10. The van der Waals surface area contributed by atoms with Gasteiger partial charge in [0.15, 0.2) is 5.92 Å². The molecule has 8 heteroatoms. The number of fused-ring (bicyclic) bond motifs is 1. The van der Waals surface area contributed by atoms with E-state index in [1.165, 1.54) is 14.2 Å². The van der Waals surface area contributed by atoms with Crippen molar-refractivity contribution in [2.24, 2.45) is 11.7 Å². The number of nitrogens with two attached hydrogens (primary N) is 1. The maximum absolute atomic E-state index is 12.1. The number of carbonyl (C=O) groups is 2. The zero-order valence-corrected chi connectivity index (χ0v) is 13.9. The average molecular weight is 381 g/mol. The Hall–Kier alpha value is -2.53. The first kappa shape index (κ1) is 16.8. The number of benzene rings is 1. The van der Waals surface area contributed by atoms with E-state index in [-0.39, 0.29) is 11.5 Å². The zero-order valence-electron chi connectivity index (χ0n) is 12.3. The first-order valence-electron chi connectivity index (χ1n) is 6.47. The molecule has 0 saturated heterocycles. The maximum atomic E-state index is 12.1. The lowest BCUT2D eigenvalue weighted by Crippen LogP contribution is -2.33. The van der Waals surface area contributed by atoms with Crippen LogP contribution in [0.4, 0.5) is 0 Å². The molecule has 0 aromatic heterocycles. The van der Waals surface area contributed by atoms with Crippen molar-refractivity contribution in [3.05, 3.63) is 39.7 Å². The molecule has 1 aliphatic heterocycles. The Morgan fingerprint density at radius 3 is 2.65 bits per heavy atom. The molecule has 7 nitrogen and oxygen atoms in total. The Morgan fingerprint density at radius 2 is 2.09 bits per heavy atom. The molecule has 1 aromatic carbocycles. The van der Waals surface area contributed by atoms with Crippen molar-refractivity contribution in [1.82, 2.24) is 0 Å². The SMILES string of the molecule is COC(=O)C1=C(N)Oc2ccc(Br)cc2[C@@H]1[C@H](C#N)C(=O)OC. The number of methoxy groups -OCH3 is 2. The number of esters is 2. The van der Waals surface area contributed by atoms with Crippen molar-refractivity contribution >= 4 is 27.9 Å². The fraction of sp³-hybridized carbons (Fsp3) is 0.267. The van der Waals surface area contributed by atoms with E-state index < -0.39 is 23.8 Å². The first-order valence-corrected chi connectivity index (χ1v) is 7.26. The summed E-state index contributed by atoms with van der Waals surface area (Å²) in [6.07, 6.45) is 0. The van der Waals surface area contributed by atoms with Crippen molar-refractivity contribution in [2.75, 3.05) is 14.2 Å². The van der Waals surface area contributed by atoms with Crippen LogP contribution in [0.5, 0.6) is 5.75 Å². The van der Waals surface area contributed by atoms with Gasteiger partial charge in [0.1, 0.15) is 11.3 Å². The summed E-state index contributed by atoms with van der Waals surface area (Å²) in [6, 6.07) is 6.86. The lowest BCUT2D eigenvalue weighted by Gasteiger charge is -2.29. The molecule has 120 valence electrons. The third-order valence-electron chi connectivity index (χ3n) is 3.44. The summed E-state index contributed by atoms with van der Waals surface area (Å²) in [6.45, 7) is 0. The number of ether oxygens (including phenoxy) is 3. The van der Waals surface area contributed by atoms with E-state index in [0.717, 1.165) is 0 Å². The Bertz CT molecular complexity index is 738. The summed E-state index contributed by atoms with van der Waals surface area (Å²) in [4.78, 5) is 24.1. The molecule has 2 N–H and O–H groups in total. The van der Waals surface area contributed by atoms with Crippen LogP contribution >= 0.6 is 15.9 Å². The smallest absolute Gasteiger partial charge is 0.339 e. The predicted molar refractivity (Wildman–Crippen MR) is 81.9 cm³/mol. The van der Waals surface area contributed by atoms with Gasteiger partial charge in [0.2, 0.25) is 5.88 Å². The van der Waals surface area contributed by atoms with Crippen LogP contribution in [0.25, 0.3) is 0 Å². The molecule has 0 saturated carbocycles. The van der Waals surface area contributed by atoms with Crippen LogP contribution < -0.4 is 10.5 Å². The minimum Gasteiger partial charge on any atom is -0.468 e. The van der Waals surface area contributed by atoms with E-state index in [2.05, 4.69) is 20.7 Å². The lowest BCUT2D eigenvalue weighted by molar-refractivity contribution is -0.144. The highest BCUT2D eigenvalue weighted by Crippen LogP contribution is 2.44. The minimum absolute atomic E-state index is 0.0879. The Kier molecular flexibility index (Phi) is 4.91. The van der Waals surface area contributed by atoms with Crippen molar-refractivity contribution in [2.45, 2.75) is 5.92 Å². The van der Waals surface area contributed by atoms with Crippen LogP contribution in [0.2, 0.25) is 0 Å². The van der Waals surface area contributed by atoms with E-state index in [9.17, 15) is 14.9 Å². The minimum atomic E-state index is -1.27. The second-order valence-electron chi connectivity index (χ2n) is 4.66. The third-order valence-corrected chi connectivity index (χ3v) is 3.93. The summed E-state index contributed by atoms with van der Waals surface area (Å²) >= 11 is 3.31. The highest BCUT2D eigenvalue weighted by Gasteiger charge is 2.43. The van der Waals surface area contributed by atoms with Gasteiger partial charge >= 0.3 is 11.9 Å². The van der Waals surface area contributed by atoms with Gasteiger partial charge in [-0.2, -0.15) is 5.26 Å². The average Bonchev–Trinajstić information content (AvgIpc) is 2.55. The van der Waals surface area contributed by atoms with Crippen molar-refractivity contribution in [3.63, 3.8) is 0 Å². The van der Waals surface area contributed by atoms with Crippen LogP contribution in [-0.4, -0.2) is 26.2 Å². The molecule has 0 radical (unpaired) electrons. The van der Waals surface area contributed by atoms with Gasteiger partial charge in [0.25, 0.3) is 0 Å². The topological polar surface area (TPSA) is 112 Å². The molecule has 0 aliphatic carbocycles. The second kappa shape index (κ2) is 6.71. The molecule has 0 spiro atoms. The summed E-state index contributed by atoms with van der Waals surface area (Å²) in [5.41, 5.74) is 6.19. The van der Waals surface area contributed by atoms with E-state index in [1.54, 1.807) is 18.2 Å². The van der Waals surface area contributed by atoms with Crippen LogP contribution in [0.15, 0.2) is 34.1 Å². The standard InChI is InChI=1S/C15H13BrN2O5/c1-21-14(19)9(6-17)11-8-5-7(16)3-4-10(8)23-13(18)12(11)15(20)22-2/h3-5,9,11H,18H2,1-2H3/t9-,11+/m0/s1. The number of carbonyl (C=O) groups excluding carboxylic acids is 2. The normalized spacial score (nSPS) is 17.4. The van der Waals surface area contributed by atoms with Crippen molar-refractivity contribution in [1.29, 1.82) is 5.26 Å². The molecule has 0 fully saturated rings. The predicted octanol–water partition coefficient (Wildman–Crippen LogP) is 1.58. The van der Waals surface area contributed by atoms with Crippen LogP contribution in [-0.2, 0) is 19.1 Å². The molecule has 23 heavy (non-hydrogen) atoms. The first-order chi connectivity index (χ1) is 10.9. The Balaban J connectivity index is 2.69. The monoisotopic (exact) mass is 380 g/mol. The van der Waals surface area contributed by atoms with Gasteiger partial charge in [-0.05, 0) is 18.2 Å². The van der Waals surface area contributed by atoms with Crippen LogP contribution in [0, 0.1) is 17.2 Å². The van der Waals surface area contributed by atoms with Crippen LogP contribution in [0.1, 0.15) is 11.5 Å². The molecule has 2 rings (SSSR count). The summed E-state index contributed by atoms with van der Waals surface area (Å²) < 4.78 is 15.5. The number of nitriles is 1. The third kappa shape index (κ3) is 3.00. The quantitative estimate of drug-likeness (QED) is 0.792. The summed E-state index contributed by atoms with van der Waals surface area (Å²) in [5.74, 6) is -3.64. The lowest BCUT2D eigenvalue weighted by atomic mass is 9.79. The summed E-state index contributed by atoms with van der Waals surface area (Å²) in [7, 11) is 2.34. The molecule has 1 heterocycles. The van der Waals surface area contributed by atoms with E-state index in [0.29, 0.717) is 15.8 Å². The van der Waals surface area contributed by atoms with Gasteiger partial charge in [0.05, 0.1) is 26.2 Å². The molecule has 0 amide bonds. The molecule has 0 bridgehead atoms. The summed E-state index contributed by atoms with van der Waals surface area (Å²) in [5, 5.41) is 9.41. The molecule has 0 unspecified atom stereocenters. The van der Waals surface area contributed by atoms with Gasteiger partial charge in [-0.1, -0.05) is 15.9 Å². The van der Waals surface area contributed by atoms with Gasteiger partial charge in [-0.3, -0.25) is 4.79 Å². The molecule has 2 atom stereocenters. The largest absolute Gasteiger partial charge is 0.468 e. The molecule has 1 aromatic rings. The number of rotatable bonds is 3. The maximum Gasteiger partial charge on any atom is 0.339 e. The zero-order chi connectivity index (χ0) is 17.1. The number of hydrogen-bond acceptors (Lipinski definition) is 7. The number of hydrogen-bond donors (Lipinski definition) is 1. The molecule has 1 aliphatic rings. The van der Waals surface area contributed by atoms with E-state index in [4.69, 9.17) is 15.2 Å². The van der Waals surface area contributed by atoms with Crippen molar-refractivity contribution in [3.8, 4) is 11.8 Å². The molecular formula is C15H13BrN2O5. The van der Waals surface area contributed by atoms with Crippen LogP contribution in [0.3, 0.4) is 0 Å². The fourth-order valence-electron chi connectivity index (χ4n) is 2.41. The fourth-order valence-corrected chi connectivity index (χ4v) is 2.79.